The molecule has 0 radical (unpaired) electrons. The fraction of sp³-hybridized carbons (Fsp3) is 0.357. The fourth-order valence-electron chi connectivity index (χ4n) is 2.22. The number of methoxy groups -OCH3 is 1. The van der Waals surface area contributed by atoms with Crippen molar-refractivity contribution in [3.8, 4) is 5.82 Å². The van der Waals surface area contributed by atoms with Gasteiger partial charge in [-0.3, -0.25) is 0 Å². The van der Waals surface area contributed by atoms with E-state index in [-0.39, 0.29) is 0 Å². The summed E-state index contributed by atoms with van der Waals surface area (Å²) < 4.78 is 18.2. The maximum Gasteiger partial charge on any atom is 0.341 e. The van der Waals surface area contributed by atoms with Crippen LogP contribution in [-0.4, -0.2) is 47.7 Å². The third-order valence-electron chi connectivity index (χ3n) is 3.31. The summed E-state index contributed by atoms with van der Waals surface area (Å²) in [7, 11) is 1.32. The third kappa shape index (κ3) is 3.35. The van der Waals surface area contributed by atoms with Gasteiger partial charge in [-0.05, 0) is 28.7 Å². The van der Waals surface area contributed by atoms with Crippen molar-refractivity contribution in [3.05, 3.63) is 38.3 Å². The molecule has 9 heteroatoms. The summed E-state index contributed by atoms with van der Waals surface area (Å²) in [5.41, 5.74) is 0.757. The SMILES string of the molecule is COC(=O)c1cn(-c2nccc(I)c2Cl)nc1C1COCCO1. The van der Waals surface area contributed by atoms with Gasteiger partial charge in [0.2, 0.25) is 0 Å². The Hall–Kier alpha value is -1.23. The highest BCUT2D eigenvalue weighted by molar-refractivity contribution is 14.1. The zero-order valence-electron chi connectivity index (χ0n) is 12.2. The first-order chi connectivity index (χ1) is 11.1. The molecule has 122 valence electrons. The molecule has 0 saturated carbocycles. The Balaban J connectivity index is 2.07. The average molecular weight is 450 g/mol. The van der Waals surface area contributed by atoms with E-state index in [0.29, 0.717) is 41.9 Å². The van der Waals surface area contributed by atoms with Gasteiger partial charge in [-0.25, -0.2) is 14.5 Å². The second-order valence-electron chi connectivity index (χ2n) is 4.73. The van der Waals surface area contributed by atoms with Crippen molar-refractivity contribution in [3.63, 3.8) is 0 Å². The summed E-state index contributed by atoms with van der Waals surface area (Å²) >= 11 is 8.39. The minimum Gasteiger partial charge on any atom is -0.465 e. The molecule has 1 aliphatic heterocycles. The van der Waals surface area contributed by atoms with Crippen LogP contribution in [0.3, 0.4) is 0 Å². The van der Waals surface area contributed by atoms with E-state index in [0.717, 1.165) is 3.57 Å². The van der Waals surface area contributed by atoms with Crippen LogP contribution < -0.4 is 0 Å². The predicted molar refractivity (Wildman–Crippen MR) is 89.9 cm³/mol. The van der Waals surface area contributed by atoms with Gasteiger partial charge in [-0.2, -0.15) is 5.10 Å². The fourth-order valence-corrected chi connectivity index (χ4v) is 2.82. The smallest absolute Gasteiger partial charge is 0.341 e. The molecule has 3 heterocycles. The number of nitrogens with zero attached hydrogens (tertiary/aromatic N) is 3. The van der Waals surface area contributed by atoms with Crippen molar-refractivity contribution in [2.24, 2.45) is 0 Å². The van der Waals surface area contributed by atoms with Gasteiger partial charge in [-0.15, -0.1) is 0 Å². The molecule has 0 bridgehead atoms. The van der Waals surface area contributed by atoms with E-state index >= 15 is 0 Å². The van der Waals surface area contributed by atoms with Gasteiger partial charge < -0.3 is 14.2 Å². The van der Waals surface area contributed by atoms with Crippen molar-refractivity contribution < 1.29 is 19.0 Å². The lowest BCUT2D eigenvalue weighted by atomic mass is 10.1. The molecular weight excluding hydrogens is 437 g/mol. The van der Waals surface area contributed by atoms with Crippen LogP contribution in [-0.2, 0) is 14.2 Å². The number of carbonyl (C=O) groups excluding carboxylic acids is 1. The number of ether oxygens (including phenoxy) is 3. The summed E-state index contributed by atoms with van der Waals surface area (Å²) in [4.78, 5) is 16.3. The second kappa shape index (κ2) is 7.12. The number of hydrogen-bond donors (Lipinski definition) is 0. The van der Waals surface area contributed by atoms with Gasteiger partial charge in [0.1, 0.15) is 17.4 Å². The zero-order valence-corrected chi connectivity index (χ0v) is 15.1. The van der Waals surface area contributed by atoms with Gasteiger partial charge in [0, 0.05) is 16.0 Å². The van der Waals surface area contributed by atoms with Crippen LogP contribution in [0.4, 0.5) is 0 Å². The number of esters is 1. The summed E-state index contributed by atoms with van der Waals surface area (Å²) in [5, 5.41) is 4.89. The third-order valence-corrected chi connectivity index (χ3v) is 4.90. The van der Waals surface area contributed by atoms with Crippen LogP contribution in [0.1, 0.15) is 22.2 Å². The normalized spacial score (nSPS) is 18.0. The second-order valence-corrected chi connectivity index (χ2v) is 6.27. The van der Waals surface area contributed by atoms with Gasteiger partial charge in [0.15, 0.2) is 5.82 Å². The number of pyridine rings is 1. The summed E-state index contributed by atoms with van der Waals surface area (Å²) in [5.74, 6) is -0.0612. The highest BCUT2D eigenvalue weighted by Gasteiger charge is 2.28. The molecule has 0 aliphatic carbocycles. The molecular formula is C14H13ClIN3O4. The molecule has 2 aromatic heterocycles. The van der Waals surface area contributed by atoms with Crippen molar-refractivity contribution in [1.29, 1.82) is 0 Å². The zero-order chi connectivity index (χ0) is 16.4. The molecule has 7 nitrogen and oxygen atoms in total. The summed E-state index contributed by atoms with van der Waals surface area (Å²) in [6.45, 7) is 1.30. The molecule has 0 amide bonds. The quantitative estimate of drug-likeness (QED) is 0.529. The number of rotatable bonds is 3. The molecule has 0 N–H and O–H groups in total. The molecule has 2 aromatic rings. The Bertz CT molecular complexity index is 731. The van der Waals surface area contributed by atoms with Crippen molar-refractivity contribution >= 4 is 40.2 Å². The van der Waals surface area contributed by atoms with Crippen LogP contribution in [0.25, 0.3) is 5.82 Å². The number of aromatic nitrogens is 3. The Kier molecular flexibility index (Phi) is 5.14. The Morgan fingerprint density at radius 3 is 3.04 bits per heavy atom. The summed E-state index contributed by atoms with van der Waals surface area (Å²) in [6.07, 6.45) is 2.74. The molecule has 0 aromatic carbocycles. The highest BCUT2D eigenvalue weighted by Crippen LogP contribution is 2.28. The van der Waals surface area contributed by atoms with E-state index in [1.165, 1.54) is 11.8 Å². The van der Waals surface area contributed by atoms with E-state index in [9.17, 15) is 4.79 Å². The lowest BCUT2D eigenvalue weighted by molar-refractivity contribution is -0.0921. The van der Waals surface area contributed by atoms with E-state index in [1.807, 2.05) is 0 Å². The van der Waals surface area contributed by atoms with Crippen molar-refractivity contribution in [1.82, 2.24) is 14.8 Å². The van der Waals surface area contributed by atoms with Crippen molar-refractivity contribution in [2.45, 2.75) is 6.10 Å². The van der Waals surface area contributed by atoms with E-state index in [4.69, 9.17) is 25.8 Å². The largest absolute Gasteiger partial charge is 0.465 e. The maximum atomic E-state index is 12.0. The topological polar surface area (TPSA) is 75.5 Å². The Morgan fingerprint density at radius 1 is 1.52 bits per heavy atom. The molecule has 1 unspecified atom stereocenters. The minimum absolute atomic E-state index is 0.305. The average Bonchev–Trinajstić information content (AvgIpc) is 3.02. The van der Waals surface area contributed by atoms with E-state index in [1.54, 1.807) is 18.5 Å². The lowest BCUT2D eigenvalue weighted by Gasteiger charge is -2.21. The highest BCUT2D eigenvalue weighted by atomic mass is 127. The molecule has 1 atom stereocenters. The van der Waals surface area contributed by atoms with Crippen LogP contribution in [0, 0.1) is 3.57 Å². The Labute approximate surface area is 151 Å². The molecule has 23 heavy (non-hydrogen) atoms. The van der Waals surface area contributed by atoms with E-state index in [2.05, 4.69) is 32.7 Å². The van der Waals surface area contributed by atoms with Gasteiger partial charge in [0.05, 0.1) is 32.0 Å². The lowest BCUT2D eigenvalue weighted by Crippen LogP contribution is -2.24. The number of carbonyl (C=O) groups is 1. The Morgan fingerprint density at radius 2 is 2.35 bits per heavy atom. The monoisotopic (exact) mass is 449 g/mol. The molecule has 0 spiro atoms. The standard InChI is InChI=1S/C14H13ClIN3O4/c1-21-14(20)8-6-19(13-11(15)9(16)2-3-17-13)18-12(8)10-7-22-4-5-23-10/h2-3,6,10H,4-5,7H2,1H3. The van der Waals surface area contributed by atoms with Crippen molar-refractivity contribution in [2.75, 3.05) is 26.9 Å². The molecule has 1 aliphatic rings. The predicted octanol–water partition coefficient (Wildman–Crippen LogP) is 2.40. The van der Waals surface area contributed by atoms with Crippen LogP contribution in [0.2, 0.25) is 5.02 Å². The van der Waals surface area contributed by atoms with Gasteiger partial charge in [0.25, 0.3) is 0 Å². The van der Waals surface area contributed by atoms with Gasteiger partial charge in [-0.1, -0.05) is 11.6 Å². The number of hydrogen-bond acceptors (Lipinski definition) is 6. The first-order valence-corrected chi connectivity index (χ1v) is 8.25. The first kappa shape index (κ1) is 16.6. The maximum absolute atomic E-state index is 12.0. The van der Waals surface area contributed by atoms with Crippen LogP contribution in [0.5, 0.6) is 0 Å². The first-order valence-electron chi connectivity index (χ1n) is 6.79. The van der Waals surface area contributed by atoms with Crippen LogP contribution >= 0.6 is 34.2 Å². The molecule has 3 rings (SSSR count). The van der Waals surface area contributed by atoms with Gasteiger partial charge >= 0.3 is 5.97 Å². The van der Waals surface area contributed by atoms with E-state index < -0.39 is 12.1 Å². The minimum atomic E-state index is -0.498. The molecule has 1 saturated heterocycles. The molecule has 1 fully saturated rings. The number of halogens is 2. The summed E-state index contributed by atoms with van der Waals surface area (Å²) in [6, 6.07) is 1.79. The van der Waals surface area contributed by atoms with Crippen LogP contribution in [0.15, 0.2) is 18.5 Å².